The first-order chi connectivity index (χ1) is 6.63. The summed E-state index contributed by atoms with van der Waals surface area (Å²) < 4.78 is 1.99. The third-order valence-electron chi connectivity index (χ3n) is 2.32. The Morgan fingerprint density at radius 2 is 2.14 bits per heavy atom. The van der Waals surface area contributed by atoms with Crippen molar-refractivity contribution in [3.63, 3.8) is 0 Å². The van der Waals surface area contributed by atoms with Gasteiger partial charge in [0, 0.05) is 19.2 Å². The van der Waals surface area contributed by atoms with Crippen LogP contribution in [-0.2, 0) is 13.5 Å². The first-order valence-electron chi connectivity index (χ1n) is 4.62. The number of hydrogen-bond acceptors (Lipinski definition) is 2. The standard InChI is InChI=1S/C10H12ClN3/c1-4-8-13-9-7(11)5-6(2)12-10(9)14(8)3/h5H,4H2,1-3H3. The van der Waals surface area contributed by atoms with Gasteiger partial charge in [0.05, 0.1) is 5.02 Å². The van der Waals surface area contributed by atoms with E-state index in [1.807, 2.05) is 24.6 Å². The minimum absolute atomic E-state index is 0.683. The van der Waals surface area contributed by atoms with Crippen LogP contribution in [-0.4, -0.2) is 14.5 Å². The second-order valence-corrected chi connectivity index (χ2v) is 3.77. The Kier molecular flexibility index (Phi) is 2.19. The maximum Gasteiger partial charge on any atom is 0.161 e. The van der Waals surface area contributed by atoms with Gasteiger partial charge in [0.25, 0.3) is 0 Å². The summed E-state index contributed by atoms with van der Waals surface area (Å²) in [5.74, 6) is 1.01. The summed E-state index contributed by atoms with van der Waals surface area (Å²) in [5, 5.41) is 0.683. The highest BCUT2D eigenvalue weighted by molar-refractivity contribution is 6.34. The van der Waals surface area contributed by atoms with Crippen molar-refractivity contribution in [1.29, 1.82) is 0 Å². The van der Waals surface area contributed by atoms with Crippen LogP contribution in [0.4, 0.5) is 0 Å². The van der Waals surface area contributed by atoms with Gasteiger partial charge in [0.1, 0.15) is 11.3 Å². The molecule has 0 saturated heterocycles. The molecule has 14 heavy (non-hydrogen) atoms. The van der Waals surface area contributed by atoms with Gasteiger partial charge >= 0.3 is 0 Å². The van der Waals surface area contributed by atoms with Gasteiger partial charge in [-0.2, -0.15) is 0 Å². The number of aromatic nitrogens is 3. The molecule has 0 saturated carbocycles. The summed E-state index contributed by atoms with van der Waals surface area (Å²) in [6.45, 7) is 4.01. The van der Waals surface area contributed by atoms with Crippen molar-refractivity contribution in [3.8, 4) is 0 Å². The topological polar surface area (TPSA) is 30.7 Å². The first kappa shape index (κ1) is 9.46. The molecule has 0 aromatic carbocycles. The molecule has 0 fully saturated rings. The van der Waals surface area contributed by atoms with E-state index in [9.17, 15) is 0 Å². The molecule has 0 amide bonds. The van der Waals surface area contributed by atoms with Crippen molar-refractivity contribution >= 4 is 22.8 Å². The van der Waals surface area contributed by atoms with Crippen molar-refractivity contribution in [2.45, 2.75) is 20.3 Å². The fraction of sp³-hybridized carbons (Fsp3) is 0.400. The molecular weight excluding hydrogens is 198 g/mol. The highest BCUT2D eigenvalue weighted by atomic mass is 35.5. The zero-order valence-corrected chi connectivity index (χ0v) is 9.26. The third-order valence-corrected chi connectivity index (χ3v) is 2.61. The Morgan fingerprint density at radius 1 is 1.43 bits per heavy atom. The molecule has 2 heterocycles. The Hall–Kier alpha value is -1.09. The van der Waals surface area contributed by atoms with E-state index in [4.69, 9.17) is 11.6 Å². The van der Waals surface area contributed by atoms with Crippen LogP contribution in [0.15, 0.2) is 6.07 Å². The lowest BCUT2D eigenvalue weighted by molar-refractivity contribution is 0.820. The summed E-state index contributed by atoms with van der Waals surface area (Å²) in [4.78, 5) is 8.86. The molecule has 0 N–H and O–H groups in total. The Morgan fingerprint density at radius 3 is 2.79 bits per heavy atom. The van der Waals surface area contributed by atoms with Crippen molar-refractivity contribution in [2.24, 2.45) is 7.05 Å². The van der Waals surface area contributed by atoms with Crippen LogP contribution in [0.1, 0.15) is 18.4 Å². The monoisotopic (exact) mass is 209 g/mol. The summed E-state index contributed by atoms with van der Waals surface area (Å²) in [6, 6.07) is 1.84. The number of aryl methyl sites for hydroxylation is 3. The number of pyridine rings is 1. The molecule has 0 unspecified atom stereocenters. The lowest BCUT2D eigenvalue weighted by Crippen LogP contribution is -1.96. The van der Waals surface area contributed by atoms with E-state index >= 15 is 0 Å². The maximum atomic E-state index is 6.09. The lowest BCUT2D eigenvalue weighted by atomic mass is 10.3. The van der Waals surface area contributed by atoms with E-state index in [1.165, 1.54) is 0 Å². The van der Waals surface area contributed by atoms with Crippen molar-refractivity contribution in [1.82, 2.24) is 14.5 Å². The second-order valence-electron chi connectivity index (χ2n) is 3.36. The molecule has 2 aromatic rings. The smallest absolute Gasteiger partial charge is 0.161 e. The third kappa shape index (κ3) is 1.28. The van der Waals surface area contributed by atoms with Crippen LogP contribution in [0.5, 0.6) is 0 Å². The number of halogens is 1. The maximum absolute atomic E-state index is 6.09. The molecule has 0 atom stereocenters. The molecule has 0 aliphatic carbocycles. The predicted molar refractivity (Wildman–Crippen MR) is 57.6 cm³/mol. The highest BCUT2D eigenvalue weighted by Gasteiger charge is 2.10. The summed E-state index contributed by atoms with van der Waals surface area (Å²) in [7, 11) is 1.97. The van der Waals surface area contributed by atoms with Gasteiger partial charge in [0.2, 0.25) is 0 Å². The van der Waals surface area contributed by atoms with Gasteiger partial charge in [-0.1, -0.05) is 18.5 Å². The quantitative estimate of drug-likeness (QED) is 0.723. The molecule has 0 aliphatic heterocycles. The van der Waals surface area contributed by atoms with E-state index < -0.39 is 0 Å². The molecule has 2 rings (SSSR count). The average Bonchev–Trinajstić information content (AvgIpc) is 2.44. The zero-order chi connectivity index (χ0) is 10.3. The summed E-state index contributed by atoms with van der Waals surface area (Å²) >= 11 is 6.09. The minimum atomic E-state index is 0.683. The molecule has 3 nitrogen and oxygen atoms in total. The molecule has 0 aliphatic rings. The van der Waals surface area contributed by atoms with E-state index in [2.05, 4.69) is 16.9 Å². The molecule has 0 bridgehead atoms. The molecule has 74 valence electrons. The number of imidazole rings is 1. The van der Waals surface area contributed by atoms with Crippen molar-refractivity contribution in [3.05, 3.63) is 22.6 Å². The summed E-state index contributed by atoms with van der Waals surface area (Å²) in [5.41, 5.74) is 2.59. The minimum Gasteiger partial charge on any atom is -0.316 e. The Bertz CT molecular complexity index is 488. The molecule has 0 radical (unpaired) electrons. The first-order valence-corrected chi connectivity index (χ1v) is 4.99. The van der Waals surface area contributed by atoms with Gasteiger partial charge in [0.15, 0.2) is 5.65 Å². The Labute approximate surface area is 87.7 Å². The molecule has 0 spiro atoms. The van der Waals surface area contributed by atoms with Crippen LogP contribution >= 0.6 is 11.6 Å². The second kappa shape index (κ2) is 3.24. The van der Waals surface area contributed by atoms with Gasteiger partial charge in [-0.25, -0.2) is 9.97 Å². The van der Waals surface area contributed by atoms with E-state index in [1.54, 1.807) is 0 Å². The van der Waals surface area contributed by atoms with Crippen LogP contribution in [0.25, 0.3) is 11.2 Å². The van der Waals surface area contributed by atoms with Crippen molar-refractivity contribution < 1.29 is 0 Å². The largest absolute Gasteiger partial charge is 0.316 e. The van der Waals surface area contributed by atoms with E-state index in [-0.39, 0.29) is 0 Å². The van der Waals surface area contributed by atoms with Gasteiger partial charge < -0.3 is 4.57 Å². The van der Waals surface area contributed by atoms with Gasteiger partial charge in [-0.05, 0) is 13.0 Å². The molecular formula is C10H12ClN3. The van der Waals surface area contributed by atoms with Crippen molar-refractivity contribution in [2.75, 3.05) is 0 Å². The van der Waals surface area contributed by atoms with Crippen LogP contribution in [0.2, 0.25) is 5.02 Å². The SMILES string of the molecule is CCc1nc2c(Cl)cc(C)nc2n1C. The number of rotatable bonds is 1. The number of nitrogens with zero attached hydrogens (tertiary/aromatic N) is 3. The highest BCUT2D eigenvalue weighted by Crippen LogP contribution is 2.22. The van der Waals surface area contributed by atoms with E-state index in [0.717, 1.165) is 29.1 Å². The van der Waals surface area contributed by atoms with Gasteiger partial charge in [-0.15, -0.1) is 0 Å². The predicted octanol–water partition coefficient (Wildman–Crippen LogP) is 2.49. The van der Waals surface area contributed by atoms with E-state index in [0.29, 0.717) is 5.02 Å². The lowest BCUT2D eigenvalue weighted by Gasteiger charge is -1.98. The zero-order valence-electron chi connectivity index (χ0n) is 8.50. The molecule has 4 heteroatoms. The normalized spacial score (nSPS) is 11.1. The fourth-order valence-electron chi connectivity index (χ4n) is 1.59. The number of fused-ring (bicyclic) bond motifs is 1. The van der Waals surface area contributed by atoms with Crippen LogP contribution in [0.3, 0.4) is 0 Å². The average molecular weight is 210 g/mol. The van der Waals surface area contributed by atoms with Crippen LogP contribution in [0, 0.1) is 6.92 Å². The van der Waals surface area contributed by atoms with Crippen LogP contribution < -0.4 is 0 Å². The van der Waals surface area contributed by atoms with Gasteiger partial charge in [-0.3, -0.25) is 0 Å². The molecule has 2 aromatic heterocycles. The summed E-state index contributed by atoms with van der Waals surface area (Å²) in [6.07, 6.45) is 0.891. The number of hydrogen-bond donors (Lipinski definition) is 0. The Balaban J connectivity index is 2.85. The fourth-order valence-corrected chi connectivity index (χ4v) is 1.88.